The monoisotopic (exact) mass is 992 g/mol. The molecule has 13 nitrogen and oxygen atoms in total. The summed E-state index contributed by atoms with van der Waals surface area (Å²) in [5.74, 6) is 0.571. The maximum absolute atomic E-state index is 7.82. The van der Waals surface area contributed by atoms with E-state index >= 15 is 0 Å². The van der Waals surface area contributed by atoms with Crippen molar-refractivity contribution in [3.05, 3.63) is 41.6 Å². The highest BCUT2D eigenvalue weighted by atomic mass is 28.6. The van der Waals surface area contributed by atoms with E-state index < -0.39 is 79.0 Å². The minimum Gasteiger partial charge on any atom is -0.391 e. The second-order valence-electron chi connectivity index (χ2n) is 21.1. The topological polar surface area (TPSA) is 120 Å². The lowest BCUT2D eigenvalue weighted by atomic mass is 10.2. The van der Waals surface area contributed by atoms with Gasteiger partial charge in [0.25, 0.3) is 0 Å². The second-order valence-corrected chi connectivity index (χ2v) is 48.7. The molecule has 6 heterocycles. The van der Waals surface area contributed by atoms with Crippen LogP contribution in [0.4, 0.5) is 0 Å². The van der Waals surface area contributed by atoms with Crippen LogP contribution in [0.3, 0.4) is 0 Å². The predicted octanol–water partition coefficient (Wildman–Crippen LogP) is 10.3. The molecule has 0 amide bonds. The standard InChI is InChI=1S/C38H76O13Si9/c1-31(2)24-53-40-54(25-32(3)4)43-57(28-35(9)10)45-55(41-53,26-33(5)6)47-59(30-37(13)14)48-56(42-53,27-34(7)8)46-58(44-54,29-36(11)12)50-60(49-57,51-59)39-52(15,16)23-22-38-20-18-17-19-21-38/h17-23,31-37H,24-30H2,1-16H3/b23-22+. The van der Waals surface area contributed by atoms with Crippen LogP contribution in [0, 0.1) is 41.4 Å². The molecule has 6 fully saturated rings. The Morgan fingerprint density at radius 3 is 0.867 bits per heavy atom. The highest BCUT2D eigenvalue weighted by Gasteiger charge is 2.84. The molecule has 1 aromatic carbocycles. The molecule has 0 atom stereocenters. The Balaban J connectivity index is 1.74. The molecule has 6 aliphatic heterocycles. The number of hydrogen-bond acceptors (Lipinski definition) is 13. The van der Waals surface area contributed by atoms with Gasteiger partial charge in [0.2, 0.25) is 8.32 Å². The lowest BCUT2D eigenvalue weighted by Gasteiger charge is -2.63. The Kier molecular flexibility index (Phi) is 15.1. The zero-order valence-electron chi connectivity index (χ0n) is 39.3. The third-order valence-corrected chi connectivity index (χ3v) is 52.5. The number of rotatable bonds is 18. The van der Waals surface area contributed by atoms with Crippen molar-refractivity contribution in [2.45, 2.75) is 152 Å². The molecule has 0 aromatic heterocycles. The van der Waals surface area contributed by atoms with Crippen molar-refractivity contribution in [3.8, 4) is 0 Å². The number of benzene rings is 1. The average molecular weight is 994 g/mol. The molecule has 8 bridgehead atoms. The van der Waals surface area contributed by atoms with Crippen molar-refractivity contribution in [2.24, 2.45) is 41.4 Å². The molecule has 342 valence electrons. The van der Waals surface area contributed by atoms with Gasteiger partial charge in [0.15, 0.2) is 0 Å². The number of hydrogen-bond donors (Lipinski definition) is 0. The van der Waals surface area contributed by atoms with Gasteiger partial charge in [0.05, 0.1) is 0 Å². The van der Waals surface area contributed by atoms with Gasteiger partial charge in [-0.25, -0.2) is 0 Å². The van der Waals surface area contributed by atoms with E-state index in [2.05, 4.69) is 134 Å². The summed E-state index contributed by atoms with van der Waals surface area (Å²) in [5.41, 5.74) is 3.21. The van der Waals surface area contributed by atoms with E-state index in [1.807, 2.05) is 18.2 Å². The van der Waals surface area contributed by atoms with Crippen LogP contribution >= 0.6 is 0 Å². The lowest BCUT2D eigenvalue weighted by Crippen LogP contribution is -2.89. The highest BCUT2D eigenvalue weighted by molar-refractivity contribution is 7.03. The summed E-state index contributed by atoms with van der Waals surface area (Å²) in [5, 5.41) is 0. The summed E-state index contributed by atoms with van der Waals surface area (Å²) >= 11 is 0. The molecule has 1 aromatic rings. The minimum atomic E-state index is -4.55. The maximum atomic E-state index is 7.82. The highest BCUT2D eigenvalue weighted by Crippen LogP contribution is 2.55. The summed E-state index contributed by atoms with van der Waals surface area (Å²) in [4.78, 5) is 0. The smallest absolute Gasteiger partial charge is 0.391 e. The van der Waals surface area contributed by atoms with Gasteiger partial charge in [-0.3, -0.25) is 0 Å². The Hall–Kier alpha value is 0.392. The fourth-order valence-corrected chi connectivity index (χ4v) is 62.6. The van der Waals surface area contributed by atoms with Gasteiger partial charge in [-0.1, -0.05) is 139 Å². The van der Waals surface area contributed by atoms with Crippen LogP contribution in [-0.4, -0.2) is 79.0 Å². The first kappa shape index (κ1) is 49.8. The summed E-state index contributed by atoms with van der Waals surface area (Å²) in [6.45, 7) is 34.4. The van der Waals surface area contributed by atoms with E-state index in [1.54, 1.807) is 0 Å². The first-order chi connectivity index (χ1) is 27.7. The van der Waals surface area contributed by atoms with Crippen molar-refractivity contribution in [2.75, 3.05) is 0 Å². The van der Waals surface area contributed by atoms with Crippen molar-refractivity contribution < 1.29 is 53.5 Å². The van der Waals surface area contributed by atoms with Crippen LogP contribution in [0.15, 0.2) is 36.0 Å². The normalized spacial score (nSPS) is 38.2. The van der Waals surface area contributed by atoms with Crippen LogP contribution in [0.25, 0.3) is 6.08 Å². The van der Waals surface area contributed by atoms with Gasteiger partial charge < -0.3 is 53.5 Å². The average Bonchev–Trinajstić information content (AvgIpc) is 2.97. The Morgan fingerprint density at radius 1 is 0.400 bits per heavy atom. The molecule has 0 spiro atoms. The zero-order chi connectivity index (χ0) is 44.2. The molecular formula is C38H76O13Si9. The Labute approximate surface area is 372 Å². The molecule has 0 aliphatic carbocycles. The molecule has 60 heavy (non-hydrogen) atoms. The zero-order valence-corrected chi connectivity index (χ0v) is 48.3. The summed E-state index contributed by atoms with van der Waals surface area (Å²) in [6, 6.07) is 13.3. The van der Waals surface area contributed by atoms with Crippen LogP contribution in [0.2, 0.25) is 55.4 Å². The van der Waals surface area contributed by atoms with Crippen molar-refractivity contribution >= 4 is 85.1 Å². The van der Waals surface area contributed by atoms with Gasteiger partial charge in [0.1, 0.15) is 0 Å². The molecule has 7 rings (SSSR count). The molecule has 0 radical (unpaired) electrons. The third-order valence-electron chi connectivity index (χ3n) is 10.1. The van der Waals surface area contributed by atoms with Crippen LogP contribution in [-0.2, 0) is 53.5 Å². The summed E-state index contributed by atoms with van der Waals surface area (Å²) in [6.07, 6.45) is 2.10. The van der Waals surface area contributed by atoms with Gasteiger partial charge >= 0.3 is 70.7 Å². The van der Waals surface area contributed by atoms with Crippen LogP contribution in [0.1, 0.15) is 102 Å². The van der Waals surface area contributed by atoms with Crippen molar-refractivity contribution in [3.63, 3.8) is 0 Å². The SMILES string of the molecule is CC(C)C[Si]12O[Si]3(CC(C)C)O[Si]4(CC(C)C)O[Si](CC(C)C)(O1)O[Si]1(CC(C)C)O[Si](CC(C)C)(O2)O[Si](CC(C)C)(O3)O[Si](O[Si](C)(C)/C=C/c2ccccc2)(O4)O1. The quantitative estimate of drug-likeness (QED) is 0.130. The molecule has 0 saturated carbocycles. The van der Waals surface area contributed by atoms with E-state index in [0.29, 0.717) is 42.3 Å². The largest absolute Gasteiger partial charge is 0.646 e. The fraction of sp³-hybridized carbons (Fsp3) is 0.789. The predicted molar refractivity (Wildman–Crippen MR) is 251 cm³/mol. The minimum absolute atomic E-state index is 0.0602. The van der Waals surface area contributed by atoms with E-state index in [-0.39, 0.29) is 41.4 Å². The summed E-state index contributed by atoms with van der Waals surface area (Å²) < 4.78 is 101. The Morgan fingerprint density at radius 2 is 0.633 bits per heavy atom. The van der Waals surface area contributed by atoms with E-state index in [0.717, 1.165) is 5.56 Å². The summed E-state index contributed by atoms with van der Waals surface area (Å²) in [7, 11) is -35.7. The lowest BCUT2D eigenvalue weighted by molar-refractivity contribution is -0.0502. The van der Waals surface area contributed by atoms with Gasteiger partial charge in [-0.2, -0.15) is 0 Å². The first-order valence-electron chi connectivity index (χ1n) is 22.5. The van der Waals surface area contributed by atoms with E-state index in [9.17, 15) is 0 Å². The molecule has 6 aliphatic rings. The Bertz CT molecular complexity index is 1500. The van der Waals surface area contributed by atoms with E-state index in [4.69, 9.17) is 53.5 Å². The molecule has 0 unspecified atom stereocenters. The molecular weight excluding hydrogens is 917 g/mol. The third kappa shape index (κ3) is 11.9. The van der Waals surface area contributed by atoms with Crippen LogP contribution < -0.4 is 0 Å². The molecule has 0 N–H and O–H groups in total. The van der Waals surface area contributed by atoms with Crippen LogP contribution in [0.5, 0.6) is 0 Å². The second kappa shape index (κ2) is 18.2. The van der Waals surface area contributed by atoms with Gasteiger partial charge in [-0.05, 0) is 60.1 Å². The first-order valence-corrected chi connectivity index (χ1v) is 40.7. The molecule has 6 saturated heterocycles. The maximum Gasteiger partial charge on any atom is 0.646 e. The van der Waals surface area contributed by atoms with Gasteiger partial charge in [-0.15, -0.1) is 0 Å². The van der Waals surface area contributed by atoms with Crippen molar-refractivity contribution in [1.29, 1.82) is 0 Å². The van der Waals surface area contributed by atoms with E-state index in [1.165, 1.54) is 0 Å². The fourth-order valence-electron chi connectivity index (χ4n) is 8.86. The molecule has 22 heteroatoms. The van der Waals surface area contributed by atoms with Crippen molar-refractivity contribution in [1.82, 2.24) is 0 Å². The van der Waals surface area contributed by atoms with Gasteiger partial charge in [0, 0.05) is 42.3 Å².